The largest absolute Gasteiger partial charge is 0.383 e. The third-order valence-electron chi connectivity index (χ3n) is 2.46. The molecule has 0 radical (unpaired) electrons. The summed E-state index contributed by atoms with van der Waals surface area (Å²) in [6.45, 7) is 4.20. The topological polar surface area (TPSA) is 67.4 Å². The van der Waals surface area contributed by atoms with Crippen LogP contribution < -0.4 is 10.0 Å². The van der Waals surface area contributed by atoms with Crippen molar-refractivity contribution in [2.75, 3.05) is 26.8 Å². The molecule has 0 aliphatic carbocycles. The van der Waals surface area contributed by atoms with Crippen LogP contribution in [-0.2, 0) is 21.3 Å². The molecule has 0 saturated carbocycles. The molecule has 0 fully saturated rings. The first-order chi connectivity index (χ1) is 9.01. The molecule has 0 bridgehead atoms. The van der Waals surface area contributed by atoms with Gasteiger partial charge in [-0.05, 0) is 40.2 Å². The minimum Gasteiger partial charge on any atom is -0.383 e. The van der Waals surface area contributed by atoms with Crippen LogP contribution in [0.1, 0.15) is 12.5 Å². The van der Waals surface area contributed by atoms with E-state index in [2.05, 4.69) is 26.0 Å². The summed E-state index contributed by atoms with van der Waals surface area (Å²) in [5, 5.41) is 3.19. The molecule has 0 aliphatic heterocycles. The van der Waals surface area contributed by atoms with Gasteiger partial charge >= 0.3 is 0 Å². The van der Waals surface area contributed by atoms with E-state index in [-0.39, 0.29) is 11.4 Å². The summed E-state index contributed by atoms with van der Waals surface area (Å²) < 4.78 is 31.9. The third kappa shape index (κ3) is 5.19. The van der Waals surface area contributed by atoms with E-state index in [1.807, 2.05) is 13.0 Å². The maximum atomic E-state index is 12.0. The fraction of sp³-hybridized carbons (Fsp3) is 0.500. The number of hydrogen-bond donors (Lipinski definition) is 2. The van der Waals surface area contributed by atoms with Crippen LogP contribution in [-0.4, -0.2) is 35.2 Å². The highest BCUT2D eigenvalue weighted by atomic mass is 79.9. The number of sulfonamides is 1. The van der Waals surface area contributed by atoms with E-state index in [0.29, 0.717) is 17.6 Å². The summed E-state index contributed by atoms with van der Waals surface area (Å²) in [6.07, 6.45) is 0. The highest BCUT2D eigenvalue weighted by Crippen LogP contribution is 2.23. The summed E-state index contributed by atoms with van der Waals surface area (Å²) >= 11 is 3.31. The van der Waals surface area contributed by atoms with Crippen molar-refractivity contribution in [3.8, 4) is 0 Å². The van der Waals surface area contributed by atoms with Crippen LogP contribution in [0.4, 0.5) is 0 Å². The second-order valence-corrected chi connectivity index (χ2v) is 6.53. The number of halogens is 1. The molecule has 0 amide bonds. The smallest absolute Gasteiger partial charge is 0.241 e. The summed E-state index contributed by atoms with van der Waals surface area (Å²) in [4.78, 5) is 0.240. The summed E-state index contributed by atoms with van der Waals surface area (Å²) in [5.74, 6) is 0. The van der Waals surface area contributed by atoms with Crippen LogP contribution in [0.5, 0.6) is 0 Å². The zero-order valence-electron chi connectivity index (χ0n) is 11.1. The number of nitrogens with one attached hydrogen (secondary N) is 2. The van der Waals surface area contributed by atoms with Crippen molar-refractivity contribution in [1.29, 1.82) is 0 Å². The van der Waals surface area contributed by atoms with Crippen molar-refractivity contribution in [3.05, 3.63) is 28.2 Å². The Bertz CT molecular complexity index is 506. The third-order valence-corrected chi connectivity index (χ3v) is 4.90. The monoisotopic (exact) mass is 350 g/mol. The van der Waals surface area contributed by atoms with Crippen molar-refractivity contribution in [2.45, 2.75) is 18.4 Å². The first-order valence-electron chi connectivity index (χ1n) is 5.99. The van der Waals surface area contributed by atoms with E-state index in [1.165, 1.54) is 7.11 Å². The molecule has 5 nitrogen and oxygen atoms in total. The molecule has 2 N–H and O–H groups in total. The van der Waals surface area contributed by atoms with Crippen LogP contribution in [0.3, 0.4) is 0 Å². The predicted octanol–water partition coefficient (Wildman–Crippen LogP) is 1.48. The average molecular weight is 351 g/mol. The van der Waals surface area contributed by atoms with Crippen LogP contribution in [0.2, 0.25) is 0 Å². The van der Waals surface area contributed by atoms with E-state index in [9.17, 15) is 8.42 Å². The number of ether oxygens (including phenoxy) is 1. The Hall–Kier alpha value is -0.470. The lowest BCUT2D eigenvalue weighted by molar-refractivity contribution is 0.204. The van der Waals surface area contributed by atoms with Gasteiger partial charge < -0.3 is 10.1 Å². The maximum Gasteiger partial charge on any atom is 0.241 e. The first kappa shape index (κ1) is 16.6. The van der Waals surface area contributed by atoms with E-state index < -0.39 is 10.0 Å². The van der Waals surface area contributed by atoms with Crippen LogP contribution in [0.25, 0.3) is 0 Å². The van der Waals surface area contributed by atoms with Gasteiger partial charge in [-0.25, -0.2) is 13.1 Å². The van der Waals surface area contributed by atoms with Crippen molar-refractivity contribution in [1.82, 2.24) is 10.0 Å². The second-order valence-electron chi connectivity index (χ2n) is 3.94. The van der Waals surface area contributed by atoms with E-state index in [1.54, 1.807) is 12.1 Å². The number of hydrogen-bond acceptors (Lipinski definition) is 4. The molecule has 0 aliphatic rings. The molecule has 7 heteroatoms. The van der Waals surface area contributed by atoms with Crippen molar-refractivity contribution < 1.29 is 13.2 Å². The summed E-state index contributed by atoms with van der Waals surface area (Å²) in [6, 6.07) is 5.22. The minimum absolute atomic E-state index is 0.240. The lowest BCUT2D eigenvalue weighted by Gasteiger charge is -2.10. The van der Waals surface area contributed by atoms with E-state index in [0.717, 1.165) is 12.1 Å². The molecule has 0 saturated heterocycles. The molecule has 108 valence electrons. The molecule has 1 rings (SSSR count). The first-order valence-corrected chi connectivity index (χ1v) is 8.26. The Morgan fingerprint density at radius 1 is 1.37 bits per heavy atom. The molecular weight excluding hydrogens is 332 g/mol. The molecule has 1 aromatic carbocycles. The van der Waals surface area contributed by atoms with Gasteiger partial charge in [-0.3, -0.25) is 0 Å². The number of rotatable bonds is 8. The second kappa shape index (κ2) is 7.96. The molecule has 1 aromatic rings. The molecule has 19 heavy (non-hydrogen) atoms. The van der Waals surface area contributed by atoms with Gasteiger partial charge in [-0.2, -0.15) is 0 Å². The van der Waals surface area contributed by atoms with Crippen molar-refractivity contribution >= 4 is 26.0 Å². The van der Waals surface area contributed by atoms with Crippen LogP contribution in [0, 0.1) is 0 Å². The van der Waals surface area contributed by atoms with Gasteiger partial charge in [0.15, 0.2) is 0 Å². The predicted molar refractivity (Wildman–Crippen MR) is 78.6 cm³/mol. The van der Waals surface area contributed by atoms with Gasteiger partial charge in [0, 0.05) is 24.7 Å². The van der Waals surface area contributed by atoms with Gasteiger partial charge in [0.25, 0.3) is 0 Å². The highest BCUT2D eigenvalue weighted by Gasteiger charge is 2.17. The summed E-state index contributed by atoms with van der Waals surface area (Å²) in [5.41, 5.74) is 1.03. The van der Waals surface area contributed by atoms with Gasteiger partial charge in [-0.1, -0.05) is 13.0 Å². The van der Waals surface area contributed by atoms with Gasteiger partial charge in [0.1, 0.15) is 0 Å². The maximum absolute atomic E-state index is 12.0. The lowest BCUT2D eigenvalue weighted by Crippen LogP contribution is -2.27. The lowest BCUT2D eigenvalue weighted by atomic mass is 10.2. The zero-order valence-corrected chi connectivity index (χ0v) is 13.5. The highest BCUT2D eigenvalue weighted by molar-refractivity contribution is 9.10. The number of benzene rings is 1. The van der Waals surface area contributed by atoms with E-state index in [4.69, 9.17) is 4.74 Å². The fourth-order valence-corrected chi connectivity index (χ4v) is 3.63. The molecule has 0 atom stereocenters. The Morgan fingerprint density at radius 2 is 2.11 bits per heavy atom. The normalized spacial score (nSPS) is 11.7. The minimum atomic E-state index is -3.50. The fourth-order valence-electron chi connectivity index (χ4n) is 1.50. The summed E-state index contributed by atoms with van der Waals surface area (Å²) in [7, 11) is -1.97. The van der Waals surface area contributed by atoms with Crippen LogP contribution in [0.15, 0.2) is 27.6 Å². The Kier molecular flexibility index (Phi) is 6.95. The van der Waals surface area contributed by atoms with Crippen molar-refractivity contribution in [2.24, 2.45) is 0 Å². The zero-order chi connectivity index (χ0) is 14.3. The van der Waals surface area contributed by atoms with Crippen LogP contribution >= 0.6 is 15.9 Å². The average Bonchev–Trinajstić information content (AvgIpc) is 2.36. The molecule has 0 aromatic heterocycles. The van der Waals surface area contributed by atoms with Gasteiger partial charge in [-0.15, -0.1) is 0 Å². The number of methoxy groups -OCH3 is 1. The Morgan fingerprint density at radius 3 is 2.68 bits per heavy atom. The Labute approximate surface area is 122 Å². The Balaban J connectivity index is 2.83. The SMILES string of the molecule is CCNCc1ccc(S(=O)(=O)NCCOC)c(Br)c1. The molecule has 0 heterocycles. The molecule has 0 unspecified atom stereocenters. The van der Waals surface area contributed by atoms with Gasteiger partial charge in [0.05, 0.1) is 11.5 Å². The van der Waals surface area contributed by atoms with Crippen molar-refractivity contribution in [3.63, 3.8) is 0 Å². The van der Waals surface area contributed by atoms with E-state index >= 15 is 0 Å². The standard InChI is InChI=1S/C12H19BrN2O3S/c1-3-14-9-10-4-5-12(11(13)8-10)19(16,17)15-6-7-18-2/h4-5,8,14-15H,3,6-7,9H2,1-2H3. The molecule has 0 spiro atoms. The van der Waals surface area contributed by atoms with Gasteiger partial charge in [0.2, 0.25) is 10.0 Å². The quantitative estimate of drug-likeness (QED) is 0.697. The molecular formula is C12H19BrN2O3S.